The molecule has 0 spiro atoms. The number of amides is 2. The third-order valence-corrected chi connectivity index (χ3v) is 4.85. The standard InChI is InChI=1S/C19H21ClN4O2/c20-16-3-1-2-4-17(16)24-11-9-23(10-12-24)13-18(25)22-15-7-5-14(6-8-15)19(21)26/h1-8H,9-13H2,(H2,21,26)(H,22,25)/p+1. The summed E-state index contributed by atoms with van der Waals surface area (Å²) in [5, 5.41) is 3.62. The molecule has 2 amide bonds. The van der Waals surface area contributed by atoms with Crippen molar-refractivity contribution >= 4 is 34.8 Å². The fraction of sp³-hybridized carbons (Fsp3) is 0.263. The highest BCUT2D eigenvalue weighted by molar-refractivity contribution is 6.33. The summed E-state index contributed by atoms with van der Waals surface area (Å²) in [4.78, 5) is 26.8. The average molecular weight is 374 g/mol. The summed E-state index contributed by atoms with van der Waals surface area (Å²) in [6, 6.07) is 14.4. The third kappa shape index (κ3) is 4.53. The van der Waals surface area contributed by atoms with Crippen molar-refractivity contribution in [3.8, 4) is 0 Å². The van der Waals surface area contributed by atoms with E-state index in [1.54, 1.807) is 24.3 Å². The van der Waals surface area contributed by atoms with Crippen molar-refractivity contribution in [2.75, 3.05) is 42.9 Å². The summed E-state index contributed by atoms with van der Waals surface area (Å²) in [5.41, 5.74) is 7.34. The quantitative estimate of drug-likeness (QED) is 0.724. The number of benzene rings is 2. The number of hydrogen-bond donors (Lipinski definition) is 3. The van der Waals surface area contributed by atoms with Gasteiger partial charge in [-0.05, 0) is 36.4 Å². The van der Waals surface area contributed by atoms with Crippen LogP contribution in [0.4, 0.5) is 11.4 Å². The first-order valence-electron chi connectivity index (χ1n) is 8.55. The van der Waals surface area contributed by atoms with Gasteiger partial charge in [-0.3, -0.25) is 9.59 Å². The molecule has 1 aliphatic heterocycles. The van der Waals surface area contributed by atoms with E-state index in [9.17, 15) is 9.59 Å². The van der Waals surface area contributed by atoms with Gasteiger partial charge in [0.05, 0.1) is 36.9 Å². The molecular formula is C19H22ClN4O2+. The van der Waals surface area contributed by atoms with Crippen molar-refractivity contribution in [1.82, 2.24) is 0 Å². The van der Waals surface area contributed by atoms with Crippen LogP contribution in [0, 0.1) is 0 Å². The van der Waals surface area contributed by atoms with Crippen LogP contribution in [-0.4, -0.2) is 44.5 Å². The molecule has 3 rings (SSSR count). The molecule has 0 unspecified atom stereocenters. The number of hydrogen-bond acceptors (Lipinski definition) is 3. The third-order valence-electron chi connectivity index (χ3n) is 4.53. The van der Waals surface area contributed by atoms with Gasteiger partial charge in [-0.25, -0.2) is 0 Å². The highest BCUT2D eigenvalue weighted by Gasteiger charge is 2.23. The van der Waals surface area contributed by atoms with Crippen molar-refractivity contribution in [3.05, 3.63) is 59.1 Å². The molecule has 6 nitrogen and oxygen atoms in total. The Bertz CT molecular complexity index is 786. The highest BCUT2D eigenvalue weighted by Crippen LogP contribution is 2.24. The maximum absolute atomic E-state index is 12.2. The average Bonchev–Trinajstić information content (AvgIpc) is 2.63. The van der Waals surface area contributed by atoms with Gasteiger partial charge in [0, 0.05) is 11.3 Å². The topological polar surface area (TPSA) is 79.9 Å². The molecule has 136 valence electrons. The summed E-state index contributed by atoms with van der Waals surface area (Å²) in [7, 11) is 0. The van der Waals surface area contributed by atoms with Crippen LogP contribution in [0.2, 0.25) is 5.02 Å². The molecule has 0 atom stereocenters. The molecule has 1 saturated heterocycles. The minimum Gasteiger partial charge on any atom is -0.366 e. The molecule has 2 aromatic carbocycles. The van der Waals surface area contributed by atoms with Gasteiger partial charge in [0.25, 0.3) is 5.91 Å². The summed E-state index contributed by atoms with van der Waals surface area (Å²) in [6.07, 6.45) is 0. The van der Waals surface area contributed by atoms with Gasteiger partial charge in [0.1, 0.15) is 0 Å². The Labute approximate surface area is 157 Å². The lowest BCUT2D eigenvalue weighted by Gasteiger charge is -2.33. The SMILES string of the molecule is NC(=O)c1ccc(NC(=O)C[NH+]2CCN(c3ccccc3Cl)CC2)cc1. The largest absolute Gasteiger partial charge is 0.366 e. The Morgan fingerprint density at radius 2 is 1.73 bits per heavy atom. The number of nitrogens with zero attached hydrogens (tertiary/aromatic N) is 1. The van der Waals surface area contributed by atoms with Gasteiger partial charge in [-0.2, -0.15) is 0 Å². The number of carbonyl (C=O) groups excluding carboxylic acids is 2. The second-order valence-corrected chi connectivity index (χ2v) is 6.76. The summed E-state index contributed by atoms with van der Waals surface area (Å²) >= 11 is 6.26. The first-order chi connectivity index (χ1) is 12.5. The van der Waals surface area contributed by atoms with Crippen molar-refractivity contribution < 1.29 is 14.5 Å². The number of quaternary nitrogens is 1. The van der Waals surface area contributed by atoms with Gasteiger partial charge in [0.2, 0.25) is 5.91 Å². The van der Waals surface area contributed by atoms with E-state index in [4.69, 9.17) is 17.3 Å². The van der Waals surface area contributed by atoms with E-state index in [1.807, 2.05) is 24.3 Å². The molecule has 7 heteroatoms. The molecular weight excluding hydrogens is 352 g/mol. The number of nitrogens with one attached hydrogen (secondary N) is 2. The zero-order valence-corrected chi connectivity index (χ0v) is 15.1. The molecule has 1 heterocycles. The molecule has 4 N–H and O–H groups in total. The maximum Gasteiger partial charge on any atom is 0.279 e. The predicted molar refractivity (Wildman–Crippen MR) is 103 cm³/mol. The molecule has 0 aliphatic carbocycles. The fourth-order valence-electron chi connectivity index (χ4n) is 3.10. The fourth-order valence-corrected chi connectivity index (χ4v) is 3.35. The second kappa shape index (κ2) is 8.21. The minimum atomic E-state index is -0.483. The van der Waals surface area contributed by atoms with Crippen LogP contribution in [0.5, 0.6) is 0 Å². The molecule has 26 heavy (non-hydrogen) atoms. The molecule has 2 aromatic rings. The lowest BCUT2D eigenvalue weighted by molar-refractivity contribution is -0.892. The Kier molecular flexibility index (Phi) is 5.75. The number of halogens is 1. The van der Waals surface area contributed by atoms with E-state index < -0.39 is 5.91 Å². The van der Waals surface area contributed by atoms with E-state index >= 15 is 0 Å². The maximum atomic E-state index is 12.2. The van der Waals surface area contributed by atoms with Gasteiger partial charge >= 0.3 is 0 Å². The zero-order chi connectivity index (χ0) is 18.5. The molecule has 1 fully saturated rings. The van der Waals surface area contributed by atoms with Crippen LogP contribution >= 0.6 is 11.6 Å². The number of primary amides is 1. The smallest absolute Gasteiger partial charge is 0.279 e. The minimum absolute atomic E-state index is 0.0435. The van der Waals surface area contributed by atoms with Crippen LogP contribution in [0.1, 0.15) is 10.4 Å². The van der Waals surface area contributed by atoms with E-state index in [-0.39, 0.29) is 5.91 Å². The molecule has 0 aromatic heterocycles. The van der Waals surface area contributed by atoms with E-state index in [2.05, 4.69) is 10.2 Å². The normalized spacial score (nSPS) is 14.9. The van der Waals surface area contributed by atoms with E-state index in [0.717, 1.165) is 36.9 Å². The van der Waals surface area contributed by atoms with E-state index in [0.29, 0.717) is 17.8 Å². The summed E-state index contributed by atoms with van der Waals surface area (Å²) in [6.45, 7) is 3.88. The van der Waals surface area contributed by atoms with Crippen LogP contribution in [0.3, 0.4) is 0 Å². The Balaban J connectivity index is 1.49. The lowest BCUT2D eigenvalue weighted by atomic mass is 10.2. The van der Waals surface area contributed by atoms with Gasteiger partial charge < -0.3 is 20.9 Å². The van der Waals surface area contributed by atoms with Crippen LogP contribution in [0.25, 0.3) is 0 Å². The second-order valence-electron chi connectivity index (χ2n) is 6.36. The highest BCUT2D eigenvalue weighted by atomic mass is 35.5. The zero-order valence-electron chi connectivity index (χ0n) is 14.4. The van der Waals surface area contributed by atoms with Crippen molar-refractivity contribution in [3.63, 3.8) is 0 Å². The molecule has 1 aliphatic rings. The lowest BCUT2D eigenvalue weighted by Crippen LogP contribution is -3.15. The van der Waals surface area contributed by atoms with E-state index in [1.165, 1.54) is 4.90 Å². The van der Waals surface area contributed by atoms with Crippen molar-refractivity contribution in [1.29, 1.82) is 0 Å². The van der Waals surface area contributed by atoms with Crippen LogP contribution in [0.15, 0.2) is 48.5 Å². The number of carbonyl (C=O) groups is 2. The van der Waals surface area contributed by atoms with Crippen LogP contribution in [-0.2, 0) is 4.79 Å². The monoisotopic (exact) mass is 373 g/mol. The van der Waals surface area contributed by atoms with Crippen LogP contribution < -0.4 is 20.9 Å². The first kappa shape index (κ1) is 18.2. The van der Waals surface area contributed by atoms with Gasteiger partial charge in [-0.15, -0.1) is 0 Å². The number of piperazine rings is 1. The first-order valence-corrected chi connectivity index (χ1v) is 8.93. The number of para-hydroxylation sites is 1. The van der Waals surface area contributed by atoms with Crippen molar-refractivity contribution in [2.45, 2.75) is 0 Å². The number of rotatable bonds is 5. The Hall–Kier alpha value is -2.57. The molecule has 0 bridgehead atoms. The van der Waals surface area contributed by atoms with Gasteiger partial charge in [0.15, 0.2) is 6.54 Å². The summed E-state index contributed by atoms with van der Waals surface area (Å²) < 4.78 is 0. The van der Waals surface area contributed by atoms with Crippen molar-refractivity contribution in [2.24, 2.45) is 5.73 Å². The van der Waals surface area contributed by atoms with Gasteiger partial charge in [-0.1, -0.05) is 23.7 Å². The Morgan fingerprint density at radius 3 is 2.35 bits per heavy atom. The number of nitrogens with two attached hydrogens (primary N) is 1. The number of anilines is 2. The predicted octanol–water partition coefficient (Wildman–Crippen LogP) is 0.783. The molecule has 0 radical (unpaired) electrons. The molecule has 0 saturated carbocycles. The summed E-state index contributed by atoms with van der Waals surface area (Å²) in [5.74, 6) is -0.526. The Morgan fingerprint density at radius 1 is 1.08 bits per heavy atom.